The van der Waals surface area contributed by atoms with Crippen molar-refractivity contribution in [2.45, 2.75) is 0 Å². The summed E-state index contributed by atoms with van der Waals surface area (Å²) in [4.78, 5) is 8.24. The van der Waals surface area contributed by atoms with Crippen molar-refractivity contribution in [2.24, 2.45) is 0 Å². The Morgan fingerprint density at radius 3 is 1.29 bits per heavy atom. The van der Waals surface area contributed by atoms with Gasteiger partial charge in [-0.15, -0.1) is 0 Å². The first-order valence-corrected chi connectivity index (χ1v) is 0.428. The average Bonchev–Trinajstić information content (AvgIpc) is 0.918. The SMILES string of the molecule is O.O=[C-]O.[NH2-].[NH2-].[Pt]. The summed E-state index contributed by atoms with van der Waals surface area (Å²) in [6.07, 6.45) is 0. The molecule has 0 radical (unpaired) electrons. The zero-order valence-electron chi connectivity index (χ0n) is 3.33. The van der Waals surface area contributed by atoms with Gasteiger partial charge in [-0.05, 0) is 0 Å². The van der Waals surface area contributed by atoms with Gasteiger partial charge >= 0.3 is 0 Å². The average molecular weight is 290 g/mol. The van der Waals surface area contributed by atoms with Crippen molar-refractivity contribution in [3.8, 4) is 0 Å². The maximum absolute atomic E-state index is 8.24. The van der Waals surface area contributed by atoms with E-state index in [4.69, 9.17) is 9.90 Å². The second-order valence-electron chi connectivity index (χ2n) is 0.0913. The fraction of sp³-hybridized carbons (Fsp3) is 0. The summed E-state index contributed by atoms with van der Waals surface area (Å²) in [5, 5.41) is 6.76. The molecule has 0 aromatic heterocycles. The third-order valence-electron chi connectivity index (χ3n) is 0. The van der Waals surface area contributed by atoms with Crippen molar-refractivity contribution in [1.82, 2.24) is 0 Å². The van der Waals surface area contributed by atoms with Gasteiger partial charge in [-0.2, -0.15) is 0 Å². The minimum absolute atomic E-state index is 0. The van der Waals surface area contributed by atoms with Gasteiger partial charge < -0.3 is 27.7 Å². The summed E-state index contributed by atoms with van der Waals surface area (Å²) in [5.41, 5.74) is 0. The van der Waals surface area contributed by atoms with E-state index in [2.05, 4.69) is 0 Å². The number of hydrogen-bond acceptors (Lipinski definition) is 1. The van der Waals surface area contributed by atoms with Crippen LogP contribution in [0.3, 0.4) is 0 Å². The largest absolute Gasteiger partial charge is 0.693 e. The van der Waals surface area contributed by atoms with E-state index in [0.29, 0.717) is 6.47 Å². The molecule has 0 bridgehead atoms. The fourth-order valence-corrected chi connectivity index (χ4v) is 0. The van der Waals surface area contributed by atoms with E-state index >= 15 is 0 Å². The van der Waals surface area contributed by atoms with Crippen molar-refractivity contribution >= 4 is 6.47 Å². The van der Waals surface area contributed by atoms with Gasteiger partial charge in [0.05, 0.1) is 0 Å². The normalized spacial score (nSPS) is 1.71. The summed E-state index contributed by atoms with van der Waals surface area (Å²) in [7, 11) is 0. The minimum atomic E-state index is 0. The molecule has 7 N–H and O–H groups in total. The minimum Gasteiger partial charge on any atom is -0.693 e. The van der Waals surface area contributed by atoms with Crippen LogP contribution < -0.4 is 0 Å². The predicted molar refractivity (Wildman–Crippen MR) is 22.5 cm³/mol. The monoisotopic (exact) mass is 290 g/mol. The number of rotatable bonds is 0. The van der Waals surface area contributed by atoms with Crippen LogP contribution in [-0.2, 0) is 25.9 Å². The molecule has 0 spiro atoms. The molecule has 0 rings (SSSR count). The Morgan fingerprint density at radius 2 is 1.29 bits per heavy atom. The topological polar surface area (TPSA) is 136 Å². The maximum atomic E-state index is 8.24. The third-order valence-corrected chi connectivity index (χ3v) is 0. The summed E-state index contributed by atoms with van der Waals surface area (Å²) in [6, 6.07) is 0. The molecule has 0 unspecified atom stereocenters. The van der Waals surface area contributed by atoms with Crippen molar-refractivity contribution in [3.05, 3.63) is 12.3 Å². The molecule has 0 heterocycles. The van der Waals surface area contributed by atoms with Crippen LogP contribution in [0, 0.1) is 0 Å². The van der Waals surface area contributed by atoms with Crippen LogP contribution in [0.5, 0.6) is 0 Å². The smallest absolute Gasteiger partial charge is 0 e. The Bertz CT molecular complexity index is 20.4. The van der Waals surface area contributed by atoms with Gasteiger partial charge in [0, 0.05) is 21.1 Å². The third kappa shape index (κ3) is 67100. The Labute approximate surface area is 55.8 Å². The molecule has 0 atom stereocenters. The van der Waals surface area contributed by atoms with Crippen molar-refractivity contribution in [3.63, 3.8) is 0 Å². The Hall–Kier alpha value is 0.0383. The van der Waals surface area contributed by atoms with Gasteiger partial charge in [-0.1, -0.05) is 6.47 Å². The van der Waals surface area contributed by atoms with Crippen molar-refractivity contribution < 1.29 is 36.4 Å². The number of hydrogen-bond donors (Lipinski definition) is 1. The first-order valence-electron chi connectivity index (χ1n) is 0.428. The first kappa shape index (κ1) is 61.8. The Balaban J connectivity index is -0.00000000333. The molecule has 0 fully saturated rings. The zero-order valence-corrected chi connectivity index (χ0v) is 5.60. The molecular formula is CH7N2O3Pt-3. The number of aliphatic hydroxyl groups excluding tert-OH is 1. The van der Waals surface area contributed by atoms with Crippen molar-refractivity contribution in [1.29, 1.82) is 0 Å². The van der Waals surface area contributed by atoms with Crippen LogP contribution in [0.1, 0.15) is 0 Å². The van der Waals surface area contributed by atoms with Gasteiger partial charge in [-0.3, -0.25) is 0 Å². The van der Waals surface area contributed by atoms with E-state index in [1.807, 2.05) is 0 Å². The van der Waals surface area contributed by atoms with Gasteiger partial charge in [-0.25, -0.2) is 0 Å². The van der Waals surface area contributed by atoms with Crippen LogP contribution in [0.2, 0.25) is 0 Å². The molecule has 0 aromatic rings. The van der Waals surface area contributed by atoms with E-state index in [1.54, 1.807) is 0 Å². The molecule has 6 heteroatoms. The van der Waals surface area contributed by atoms with Crippen molar-refractivity contribution in [2.75, 3.05) is 0 Å². The van der Waals surface area contributed by atoms with Gasteiger partial charge in [0.2, 0.25) is 0 Å². The quantitative estimate of drug-likeness (QED) is 0.638. The maximum Gasteiger partial charge on any atom is 0 e. The van der Waals surface area contributed by atoms with E-state index < -0.39 is 0 Å². The fourth-order valence-electron chi connectivity index (χ4n) is 0. The Morgan fingerprint density at radius 1 is 1.29 bits per heavy atom. The molecule has 0 aromatic carbocycles. The van der Waals surface area contributed by atoms with E-state index in [9.17, 15) is 0 Å². The summed E-state index contributed by atoms with van der Waals surface area (Å²) < 4.78 is 0. The predicted octanol–water partition coefficient (Wildman–Crippen LogP) is 0.219. The van der Waals surface area contributed by atoms with Gasteiger partial charge in [0.1, 0.15) is 0 Å². The molecule has 0 saturated carbocycles. The van der Waals surface area contributed by atoms with Gasteiger partial charge in [0.15, 0.2) is 0 Å². The molecule has 0 aliphatic rings. The Kier molecular flexibility index (Phi) is 1250. The molecule has 0 aliphatic carbocycles. The van der Waals surface area contributed by atoms with Crippen LogP contribution in [-0.4, -0.2) is 17.1 Å². The molecule has 5 nitrogen and oxygen atoms in total. The molecule has 0 amide bonds. The zero-order chi connectivity index (χ0) is 2.71. The first-order chi connectivity index (χ1) is 1.41. The van der Waals surface area contributed by atoms with Crippen LogP contribution >= 0.6 is 0 Å². The molecule has 0 aliphatic heterocycles. The summed E-state index contributed by atoms with van der Waals surface area (Å²) >= 11 is 0. The molecule has 0 saturated heterocycles. The van der Waals surface area contributed by atoms with E-state index in [1.165, 1.54) is 0 Å². The van der Waals surface area contributed by atoms with Crippen LogP contribution in [0.4, 0.5) is 0 Å². The van der Waals surface area contributed by atoms with E-state index in [0.717, 1.165) is 0 Å². The van der Waals surface area contributed by atoms with Crippen LogP contribution in [0.25, 0.3) is 12.3 Å². The summed E-state index contributed by atoms with van der Waals surface area (Å²) in [6.45, 7) is 0.500. The van der Waals surface area contributed by atoms with Crippen LogP contribution in [0.15, 0.2) is 0 Å². The second-order valence-corrected chi connectivity index (χ2v) is 0.0913. The van der Waals surface area contributed by atoms with Gasteiger partial charge in [0.25, 0.3) is 0 Å². The number of nitrogens with two attached hydrogens (primary N) is 2. The molecule has 7 heavy (non-hydrogen) atoms. The standard InChI is InChI=1S/CHO2.2H2N.H2O.Pt/c2-1-3;;;;/h(H,2,3);3*1H2;/q3*-1;;. The second kappa shape index (κ2) is 142. The van der Waals surface area contributed by atoms with E-state index in [-0.39, 0.29) is 38.8 Å². The molecular weight excluding hydrogens is 283 g/mol. The molecule has 52 valence electrons. The summed E-state index contributed by atoms with van der Waals surface area (Å²) in [5.74, 6) is 0.